The molecular formula is C26H21BrO7. The predicted octanol–water partition coefficient (Wildman–Crippen LogP) is 4.87. The summed E-state index contributed by atoms with van der Waals surface area (Å²) in [5.74, 6) is -3.64. The van der Waals surface area contributed by atoms with Gasteiger partial charge in [0.15, 0.2) is 17.3 Å². The molecule has 0 aromatic heterocycles. The van der Waals surface area contributed by atoms with E-state index >= 15 is 0 Å². The molecule has 2 aromatic carbocycles. The number of aromatic hydroxyl groups is 2. The Morgan fingerprint density at radius 2 is 1.59 bits per heavy atom. The summed E-state index contributed by atoms with van der Waals surface area (Å²) in [6.45, 7) is 3.63. The third kappa shape index (κ3) is 5.58. The van der Waals surface area contributed by atoms with Crippen LogP contribution >= 0.6 is 15.9 Å². The van der Waals surface area contributed by atoms with Gasteiger partial charge in [0.1, 0.15) is 17.6 Å². The topological polar surface area (TPSA) is 118 Å². The fourth-order valence-corrected chi connectivity index (χ4v) is 3.60. The van der Waals surface area contributed by atoms with Crippen molar-refractivity contribution in [3.05, 3.63) is 93.0 Å². The summed E-state index contributed by atoms with van der Waals surface area (Å²) in [5.41, 5.74) is 0.466. The van der Waals surface area contributed by atoms with Crippen LogP contribution in [-0.2, 0) is 9.53 Å². The molecule has 0 unspecified atom stereocenters. The van der Waals surface area contributed by atoms with Gasteiger partial charge in [-0.05, 0) is 62.4 Å². The van der Waals surface area contributed by atoms with Crippen molar-refractivity contribution in [2.75, 3.05) is 0 Å². The molecule has 0 saturated heterocycles. The second-order valence-electron chi connectivity index (χ2n) is 7.79. The summed E-state index contributed by atoms with van der Waals surface area (Å²) >= 11 is 3.28. The van der Waals surface area contributed by atoms with Crippen molar-refractivity contribution in [3.8, 4) is 11.5 Å². The van der Waals surface area contributed by atoms with Crippen molar-refractivity contribution in [1.82, 2.24) is 0 Å². The van der Waals surface area contributed by atoms with Crippen LogP contribution in [0.2, 0.25) is 0 Å². The van der Waals surface area contributed by atoms with Gasteiger partial charge in [0.25, 0.3) is 0 Å². The Morgan fingerprint density at radius 1 is 0.971 bits per heavy atom. The number of benzene rings is 2. The number of phenols is 2. The van der Waals surface area contributed by atoms with Crippen LogP contribution < -0.4 is 0 Å². The average molecular weight is 525 g/mol. The molecule has 0 spiro atoms. The van der Waals surface area contributed by atoms with E-state index in [0.717, 1.165) is 40.4 Å². The molecule has 0 heterocycles. The van der Waals surface area contributed by atoms with Crippen LogP contribution in [0.1, 0.15) is 51.3 Å². The van der Waals surface area contributed by atoms with Gasteiger partial charge in [-0.3, -0.25) is 14.4 Å². The molecule has 34 heavy (non-hydrogen) atoms. The predicted molar refractivity (Wildman–Crippen MR) is 128 cm³/mol. The van der Waals surface area contributed by atoms with Crippen molar-refractivity contribution in [2.45, 2.75) is 26.4 Å². The van der Waals surface area contributed by atoms with Crippen LogP contribution in [-0.4, -0.2) is 39.6 Å². The number of esters is 1. The number of fused-ring (bicyclic) bond motifs is 1. The molecule has 0 amide bonds. The first-order valence-corrected chi connectivity index (χ1v) is 11.0. The van der Waals surface area contributed by atoms with Gasteiger partial charge in [-0.15, -0.1) is 0 Å². The normalized spacial score (nSPS) is 13.8. The number of allylic oxidation sites excluding steroid dienone is 3. The molecule has 1 atom stereocenters. The van der Waals surface area contributed by atoms with Crippen molar-refractivity contribution < 1.29 is 34.1 Å². The quantitative estimate of drug-likeness (QED) is 0.174. The lowest BCUT2D eigenvalue weighted by atomic mass is 9.85. The number of phenolic OH excluding ortho intramolecular Hbond substituents is 2. The second kappa shape index (κ2) is 10.4. The Morgan fingerprint density at radius 3 is 2.21 bits per heavy atom. The smallest absolute Gasteiger partial charge is 0.331 e. The molecule has 3 rings (SSSR count). The van der Waals surface area contributed by atoms with Gasteiger partial charge in [0.2, 0.25) is 0 Å². The molecule has 1 aliphatic rings. The Labute approximate surface area is 204 Å². The van der Waals surface area contributed by atoms with Gasteiger partial charge in [0, 0.05) is 28.1 Å². The number of Topliss-reactive ketones (excluding diaryl/α,β-unsaturated/α-hetero) is 1. The maximum Gasteiger partial charge on any atom is 0.331 e. The van der Waals surface area contributed by atoms with Gasteiger partial charge < -0.3 is 14.9 Å². The molecule has 174 valence electrons. The first kappa shape index (κ1) is 24.9. The molecular weight excluding hydrogens is 504 g/mol. The summed E-state index contributed by atoms with van der Waals surface area (Å²) in [4.78, 5) is 50.5. The molecule has 0 radical (unpaired) electrons. The lowest BCUT2D eigenvalue weighted by molar-refractivity contribution is -0.141. The fourth-order valence-electron chi connectivity index (χ4n) is 3.34. The van der Waals surface area contributed by atoms with Gasteiger partial charge >= 0.3 is 5.97 Å². The first-order chi connectivity index (χ1) is 16.1. The van der Waals surface area contributed by atoms with Crippen LogP contribution in [0.4, 0.5) is 0 Å². The summed E-state index contributed by atoms with van der Waals surface area (Å²) in [5, 5.41) is 20.2. The van der Waals surface area contributed by atoms with Crippen LogP contribution in [0.25, 0.3) is 0 Å². The number of rotatable bonds is 7. The zero-order valence-corrected chi connectivity index (χ0v) is 20.0. The maximum absolute atomic E-state index is 13.1. The number of hydrogen-bond acceptors (Lipinski definition) is 7. The highest BCUT2D eigenvalue weighted by molar-refractivity contribution is 9.10. The van der Waals surface area contributed by atoms with Crippen molar-refractivity contribution >= 4 is 39.2 Å². The average Bonchev–Trinajstić information content (AvgIpc) is 2.79. The summed E-state index contributed by atoms with van der Waals surface area (Å²) in [6, 6.07) is 8.80. The van der Waals surface area contributed by atoms with Crippen molar-refractivity contribution in [3.63, 3.8) is 0 Å². The third-order valence-electron chi connectivity index (χ3n) is 5.03. The summed E-state index contributed by atoms with van der Waals surface area (Å²) < 4.78 is 6.24. The molecule has 0 aliphatic heterocycles. The molecule has 7 nitrogen and oxygen atoms in total. The van der Waals surface area contributed by atoms with Crippen molar-refractivity contribution in [1.29, 1.82) is 0 Å². The van der Waals surface area contributed by atoms with E-state index in [2.05, 4.69) is 15.9 Å². The molecule has 0 fully saturated rings. The second-order valence-corrected chi connectivity index (χ2v) is 8.71. The lowest BCUT2D eigenvalue weighted by Gasteiger charge is -2.23. The minimum atomic E-state index is -1.15. The zero-order chi connectivity index (χ0) is 25.0. The SMILES string of the molecule is CC(C)=CC[C@@H](OC(=O)/C=C\C(=O)c1ccc(Br)cc1)C1=CC(=O)c2c(O)ccc(O)c2C1=O. The number of ketones is 3. The van der Waals surface area contributed by atoms with E-state index < -0.39 is 40.9 Å². The van der Waals surface area contributed by atoms with E-state index in [1.165, 1.54) is 0 Å². The Hall–Kier alpha value is -3.78. The zero-order valence-electron chi connectivity index (χ0n) is 18.4. The number of carbonyl (C=O) groups is 4. The minimum absolute atomic E-state index is 0.0857. The van der Waals surface area contributed by atoms with Crippen LogP contribution in [0.3, 0.4) is 0 Å². The van der Waals surface area contributed by atoms with E-state index in [0.29, 0.717) is 5.56 Å². The van der Waals surface area contributed by atoms with E-state index in [4.69, 9.17) is 4.74 Å². The Kier molecular flexibility index (Phi) is 7.63. The molecule has 0 saturated carbocycles. The number of halogens is 1. The van der Waals surface area contributed by atoms with Gasteiger partial charge in [-0.1, -0.05) is 27.6 Å². The van der Waals surface area contributed by atoms with Crippen LogP contribution in [0, 0.1) is 0 Å². The number of hydrogen-bond donors (Lipinski definition) is 2. The van der Waals surface area contributed by atoms with E-state index in [1.807, 2.05) is 13.8 Å². The molecule has 0 bridgehead atoms. The van der Waals surface area contributed by atoms with E-state index in [-0.39, 0.29) is 23.1 Å². The van der Waals surface area contributed by atoms with E-state index in [9.17, 15) is 29.4 Å². The number of ether oxygens (including phenoxy) is 1. The Bertz CT molecular complexity index is 1260. The summed E-state index contributed by atoms with van der Waals surface area (Å²) in [7, 11) is 0. The molecule has 1 aliphatic carbocycles. The Balaban J connectivity index is 1.87. The highest BCUT2D eigenvalue weighted by Gasteiger charge is 2.35. The van der Waals surface area contributed by atoms with Gasteiger partial charge in [0.05, 0.1) is 11.1 Å². The van der Waals surface area contributed by atoms with Gasteiger partial charge in [-0.25, -0.2) is 4.79 Å². The largest absolute Gasteiger partial charge is 0.507 e. The molecule has 8 heteroatoms. The van der Waals surface area contributed by atoms with E-state index in [1.54, 1.807) is 30.3 Å². The standard InChI is InChI=1S/C26H21BrO7/c1-14(2)3-11-22(34-23(32)12-10-18(28)15-4-6-16(27)7-5-15)17-13-21(31)24-19(29)8-9-20(30)25(24)26(17)33/h3-10,12-13,22,29-30H,11H2,1-2H3/b12-10-/t22-/m1/s1. The van der Waals surface area contributed by atoms with Crippen LogP contribution in [0.5, 0.6) is 11.5 Å². The highest BCUT2D eigenvalue weighted by atomic mass is 79.9. The van der Waals surface area contributed by atoms with Crippen molar-refractivity contribution in [2.24, 2.45) is 0 Å². The summed E-state index contributed by atoms with van der Waals surface area (Å²) in [6.07, 6.45) is 3.67. The number of carbonyl (C=O) groups excluding carboxylic acids is 4. The van der Waals surface area contributed by atoms with Crippen LogP contribution in [0.15, 0.2) is 76.3 Å². The molecule has 2 aromatic rings. The maximum atomic E-state index is 13.1. The van der Waals surface area contributed by atoms with Gasteiger partial charge in [-0.2, -0.15) is 0 Å². The molecule has 2 N–H and O–H groups in total. The minimum Gasteiger partial charge on any atom is -0.507 e. The lowest BCUT2D eigenvalue weighted by Crippen LogP contribution is -2.28. The fraction of sp³-hybridized carbons (Fsp3) is 0.154. The monoisotopic (exact) mass is 524 g/mol. The first-order valence-electron chi connectivity index (χ1n) is 10.3. The highest BCUT2D eigenvalue weighted by Crippen LogP contribution is 2.36. The third-order valence-corrected chi connectivity index (χ3v) is 5.56.